The number of benzene rings is 1. The third-order valence-electron chi connectivity index (χ3n) is 3.53. The number of piperazine rings is 1. The number of halogens is 1. The van der Waals surface area contributed by atoms with Gasteiger partial charge in [0.25, 0.3) is 0 Å². The summed E-state index contributed by atoms with van der Waals surface area (Å²) in [4.78, 5) is 2.51. The fourth-order valence-electron chi connectivity index (χ4n) is 2.48. The molecule has 1 aromatic carbocycles. The Hall–Kier alpha value is -0.910. The van der Waals surface area contributed by atoms with Crippen LogP contribution in [0, 0.1) is 0 Å². The number of para-hydroxylation sites is 1. The van der Waals surface area contributed by atoms with Crippen molar-refractivity contribution in [1.29, 1.82) is 0 Å². The molecule has 18 heavy (non-hydrogen) atoms. The van der Waals surface area contributed by atoms with Gasteiger partial charge in [0.2, 0.25) is 0 Å². The molecule has 0 atom stereocenters. The van der Waals surface area contributed by atoms with Gasteiger partial charge in [-0.1, -0.05) is 18.2 Å². The van der Waals surface area contributed by atoms with Gasteiger partial charge >= 0.3 is 0 Å². The monoisotopic (exact) mass is 308 g/mol. The van der Waals surface area contributed by atoms with Gasteiger partial charge in [-0.05, 0) is 27.9 Å². The van der Waals surface area contributed by atoms with Crippen LogP contribution in [-0.4, -0.2) is 47.8 Å². The van der Waals surface area contributed by atoms with Crippen molar-refractivity contribution in [3.63, 3.8) is 0 Å². The van der Waals surface area contributed by atoms with Gasteiger partial charge in [-0.2, -0.15) is 5.10 Å². The lowest BCUT2D eigenvalue weighted by Gasteiger charge is -2.27. The number of rotatable bonds is 3. The molecule has 1 aliphatic rings. The molecule has 0 spiro atoms. The van der Waals surface area contributed by atoms with Crippen molar-refractivity contribution in [2.45, 2.75) is 6.42 Å². The molecule has 0 unspecified atom stereocenters. The summed E-state index contributed by atoms with van der Waals surface area (Å²) in [5, 5.41) is 11.9. The third-order valence-corrected chi connectivity index (χ3v) is 4.13. The predicted molar refractivity (Wildman–Crippen MR) is 76.8 cm³/mol. The molecule has 0 bridgehead atoms. The van der Waals surface area contributed by atoms with Gasteiger partial charge in [-0.15, -0.1) is 0 Å². The van der Waals surface area contributed by atoms with Crippen molar-refractivity contribution < 1.29 is 0 Å². The first kappa shape index (κ1) is 12.1. The van der Waals surface area contributed by atoms with E-state index >= 15 is 0 Å². The van der Waals surface area contributed by atoms with Crippen LogP contribution in [0.25, 0.3) is 10.9 Å². The first-order valence-corrected chi connectivity index (χ1v) is 7.18. The second-order valence-electron chi connectivity index (χ2n) is 4.69. The van der Waals surface area contributed by atoms with E-state index in [4.69, 9.17) is 0 Å². The molecule has 1 fully saturated rings. The average molecular weight is 309 g/mol. The molecule has 4 nitrogen and oxygen atoms in total. The van der Waals surface area contributed by atoms with Gasteiger partial charge in [0.15, 0.2) is 0 Å². The van der Waals surface area contributed by atoms with Gasteiger partial charge in [-0.25, -0.2) is 0 Å². The van der Waals surface area contributed by atoms with Crippen LogP contribution in [-0.2, 0) is 6.42 Å². The fraction of sp³-hybridized carbons (Fsp3) is 0.462. The molecule has 0 radical (unpaired) electrons. The number of hydrogen-bond donors (Lipinski definition) is 2. The van der Waals surface area contributed by atoms with E-state index in [0.29, 0.717) is 0 Å². The minimum absolute atomic E-state index is 0.974. The maximum atomic E-state index is 4.38. The summed E-state index contributed by atoms with van der Waals surface area (Å²) in [6.45, 7) is 5.64. The molecule has 96 valence electrons. The molecule has 1 aliphatic heterocycles. The zero-order valence-electron chi connectivity index (χ0n) is 10.2. The van der Waals surface area contributed by atoms with Crippen LogP contribution in [0.4, 0.5) is 0 Å². The number of nitrogens with one attached hydrogen (secondary N) is 2. The van der Waals surface area contributed by atoms with Gasteiger partial charge in [0, 0.05) is 38.1 Å². The second kappa shape index (κ2) is 5.38. The highest BCUT2D eigenvalue weighted by Crippen LogP contribution is 2.23. The van der Waals surface area contributed by atoms with Crippen LogP contribution in [0.2, 0.25) is 0 Å². The van der Waals surface area contributed by atoms with Crippen LogP contribution in [0.5, 0.6) is 0 Å². The molecular formula is C13H17BrN4. The summed E-state index contributed by atoms with van der Waals surface area (Å²) in [5.41, 5.74) is 2.42. The van der Waals surface area contributed by atoms with Crippen LogP contribution < -0.4 is 5.32 Å². The maximum Gasteiger partial charge on any atom is 0.108 e. The van der Waals surface area contributed by atoms with Crippen molar-refractivity contribution in [3.8, 4) is 0 Å². The van der Waals surface area contributed by atoms with E-state index in [9.17, 15) is 0 Å². The van der Waals surface area contributed by atoms with Crippen molar-refractivity contribution in [1.82, 2.24) is 20.4 Å². The Kier molecular flexibility index (Phi) is 3.63. The minimum atomic E-state index is 0.974. The number of nitrogens with zero attached hydrogens (tertiary/aromatic N) is 2. The second-order valence-corrected chi connectivity index (χ2v) is 5.49. The van der Waals surface area contributed by atoms with E-state index < -0.39 is 0 Å². The lowest BCUT2D eigenvalue weighted by molar-refractivity contribution is 0.244. The molecule has 5 heteroatoms. The molecule has 1 aromatic heterocycles. The van der Waals surface area contributed by atoms with Crippen molar-refractivity contribution >= 4 is 26.8 Å². The van der Waals surface area contributed by atoms with Crippen molar-refractivity contribution in [2.24, 2.45) is 0 Å². The zero-order valence-corrected chi connectivity index (χ0v) is 11.8. The standard InChI is InChI=1S/C13H17BrN4/c14-13-11-3-1-2-10(12(11)16-17-13)4-7-18-8-5-15-6-9-18/h1-3,15H,4-9H2,(H,16,17). The topological polar surface area (TPSA) is 44.0 Å². The summed E-state index contributed by atoms with van der Waals surface area (Å²) in [6, 6.07) is 6.38. The highest BCUT2D eigenvalue weighted by atomic mass is 79.9. The molecule has 3 rings (SSSR count). The SMILES string of the molecule is Brc1[nH]nc2c(CCN3CCNCC3)cccc12. The smallest absolute Gasteiger partial charge is 0.108 e. The highest BCUT2D eigenvalue weighted by Gasteiger charge is 2.11. The van der Waals surface area contributed by atoms with Crippen molar-refractivity contribution in [2.75, 3.05) is 32.7 Å². The Morgan fingerprint density at radius 2 is 2.11 bits per heavy atom. The summed E-state index contributed by atoms with van der Waals surface area (Å²) >= 11 is 3.49. The Morgan fingerprint density at radius 1 is 1.28 bits per heavy atom. The zero-order chi connectivity index (χ0) is 12.4. The van der Waals surface area contributed by atoms with Gasteiger partial charge < -0.3 is 10.2 Å². The molecule has 0 amide bonds. The van der Waals surface area contributed by atoms with E-state index in [1.54, 1.807) is 0 Å². The first-order valence-electron chi connectivity index (χ1n) is 6.39. The summed E-state index contributed by atoms with van der Waals surface area (Å²) in [5.74, 6) is 0. The highest BCUT2D eigenvalue weighted by molar-refractivity contribution is 9.10. The first-order chi connectivity index (χ1) is 8.84. The van der Waals surface area contributed by atoms with Crippen LogP contribution >= 0.6 is 15.9 Å². The molecule has 2 heterocycles. The van der Waals surface area contributed by atoms with Gasteiger partial charge in [0.1, 0.15) is 4.60 Å². The van der Waals surface area contributed by atoms with Crippen molar-refractivity contribution in [3.05, 3.63) is 28.4 Å². The summed E-state index contributed by atoms with van der Waals surface area (Å²) in [7, 11) is 0. The Labute approximate surface area is 115 Å². The molecule has 2 aromatic rings. The van der Waals surface area contributed by atoms with E-state index in [1.807, 2.05) is 0 Å². The average Bonchev–Trinajstić information content (AvgIpc) is 2.80. The number of H-pyrrole nitrogens is 1. The number of fused-ring (bicyclic) bond motifs is 1. The minimum Gasteiger partial charge on any atom is -0.314 e. The lowest BCUT2D eigenvalue weighted by atomic mass is 10.1. The Morgan fingerprint density at radius 3 is 2.94 bits per heavy atom. The maximum absolute atomic E-state index is 4.38. The van der Waals surface area contributed by atoms with E-state index in [-0.39, 0.29) is 0 Å². The molecule has 1 saturated heterocycles. The summed E-state index contributed by atoms with van der Waals surface area (Å²) in [6.07, 6.45) is 1.06. The number of aromatic amines is 1. The van der Waals surface area contributed by atoms with E-state index in [1.165, 1.54) is 10.9 Å². The van der Waals surface area contributed by atoms with Crippen LogP contribution in [0.15, 0.2) is 22.8 Å². The Bertz CT molecular complexity index is 531. The predicted octanol–water partition coefficient (Wildman–Crippen LogP) is 1.77. The van der Waals surface area contributed by atoms with Gasteiger partial charge in [0.05, 0.1) is 5.52 Å². The lowest BCUT2D eigenvalue weighted by Crippen LogP contribution is -2.44. The number of hydrogen-bond acceptors (Lipinski definition) is 3. The number of aromatic nitrogens is 2. The largest absolute Gasteiger partial charge is 0.314 e. The fourth-order valence-corrected chi connectivity index (χ4v) is 2.89. The Balaban J connectivity index is 1.74. The van der Waals surface area contributed by atoms with E-state index in [2.05, 4.69) is 54.5 Å². The molecule has 0 saturated carbocycles. The quantitative estimate of drug-likeness (QED) is 0.908. The van der Waals surface area contributed by atoms with Crippen LogP contribution in [0.1, 0.15) is 5.56 Å². The molecule has 2 N–H and O–H groups in total. The van der Waals surface area contributed by atoms with E-state index in [0.717, 1.165) is 49.3 Å². The molecular weight excluding hydrogens is 292 g/mol. The van der Waals surface area contributed by atoms with Gasteiger partial charge in [-0.3, -0.25) is 5.10 Å². The normalized spacial score (nSPS) is 17.4. The molecule has 0 aliphatic carbocycles. The summed E-state index contributed by atoms with van der Waals surface area (Å²) < 4.78 is 0.974. The van der Waals surface area contributed by atoms with Crippen LogP contribution in [0.3, 0.4) is 0 Å². The third kappa shape index (κ3) is 2.43.